The number of hydrogen-bond acceptors (Lipinski definition) is 3. The molecule has 4 nitrogen and oxygen atoms in total. The van der Waals surface area contributed by atoms with Crippen molar-refractivity contribution in [3.63, 3.8) is 0 Å². The predicted molar refractivity (Wildman–Crippen MR) is 64.1 cm³/mol. The highest BCUT2D eigenvalue weighted by Gasteiger charge is 2.26. The van der Waals surface area contributed by atoms with Crippen molar-refractivity contribution < 1.29 is 9.90 Å². The van der Waals surface area contributed by atoms with Gasteiger partial charge in [-0.2, -0.15) is 0 Å². The first-order valence-electron chi connectivity index (χ1n) is 6.34. The number of piperidine rings is 1. The Morgan fingerprint density at radius 3 is 2.88 bits per heavy atom. The number of rotatable bonds is 5. The molecule has 0 aromatic heterocycles. The zero-order valence-corrected chi connectivity index (χ0v) is 10.4. The second-order valence-electron chi connectivity index (χ2n) is 4.53. The van der Waals surface area contributed by atoms with Gasteiger partial charge in [0.2, 0.25) is 5.91 Å². The number of aliphatic hydroxyl groups is 1. The summed E-state index contributed by atoms with van der Waals surface area (Å²) < 4.78 is 0. The molecule has 0 bridgehead atoms. The van der Waals surface area contributed by atoms with Crippen LogP contribution in [0.25, 0.3) is 0 Å². The Morgan fingerprint density at radius 1 is 1.50 bits per heavy atom. The van der Waals surface area contributed by atoms with Crippen LogP contribution in [0.2, 0.25) is 0 Å². The van der Waals surface area contributed by atoms with Crippen LogP contribution in [0.1, 0.15) is 33.1 Å². The fourth-order valence-corrected chi connectivity index (χ4v) is 2.24. The molecule has 2 unspecified atom stereocenters. The minimum atomic E-state index is -0.147. The second-order valence-corrected chi connectivity index (χ2v) is 4.53. The second kappa shape index (κ2) is 6.86. The number of amides is 1. The van der Waals surface area contributed by atoms with Gasteiger partial charge in [-0.3, -0.25) is 4.79 Å². The molecule has 1 aliphatic heterocycles. The highest BCUT2D eigenvalue weighted by Crippen LogP contribution is 2.19. The average Bonchev–Trinajstić information content (AvgIpc) is 2.28. The molecule has 0 aromatic carbocycles. The molecule has 0 spiro atoms. The van der Waals surface area contributed by atoms with Crippen molar-refractivity contribution >= 4 is 5.91 Å². The molecule has 0 radical (unpaired) electrons. The molecule has 1 heterocycles. The SMILES string of the molecule is CCNC(=O)CCN1CCC(O)C(CC)C1. The number of nitrogens with one attached hydrogen (secondary N) is 1. The average molecular weight is 228 g/mol. The van der Waals surface area contributed by atoms with Gasteiger partial charge >= 0.3 is 0 Å². The summed E-state index contributed by atoms with van der Waals surface area (Å²) in [6, 6.07) is 0. The van der Waals surface area contributed by atoms with Crippen molar-refractivity contribution in [2.24, 2.45) is 5.92 Å². The van der Waals surface area contributed by atoms with Crippen molar-refractivity contribution in [2.75, 3.05) is 26.2 Å². The van der Waals surface area contributed by atoms with E-state index in [9.17, 15) is 9.90 Å². The first kappa shape index (κ1) is 13.5. The third-order valence-electron chi connectivity index (χ3n) is 3.33. The quantitative estimate of drug-likeness (QED) is 0.725. The van der Waals surface area contributed by atoms with E-state index >= 15 is 0 Å². The number of carbonyl (C=O) groups excluding carboxylic acids is 1. The zero-order valence-electron chi connectivity index (χ0n) is 10.4. The number of carbonyl (C=O) groups is 1. The minimum absolute atomic E-state index is 0.127. The molecule has 1 aliphatic rings. The summed E-state index contributed by atoms with van der Waals surface area (Å²) in [6.45, 7) is 7.40. The number of aliphatic hydroxyl groups excluding tert-OH is 1. The van der Waals surface area contributed by atoms with E-state index in [1.807, 2.05) is 6.92 Å². The lowest BCUT2D eigenvalue weighted by Gasteiger charge is -2.35. The number of hydrogen-bond donors (Lipinski definition) is 2. The molecule has 1 amide bonds. The maximum Gasteiger partial charge on any atom is 0.221 e. The Kier molecular flexibility index (Phi) is 5.77. The van der Waals surface area contributed by atoms with Crippen LogP contribution in [-0.2, 0) is 4.79 Å². The third kappa shape index (κ3) is 4.10. The van der Waals surface area contributed by atoms with E-state index in [0.29, 0.717) is 18.9 Å². The summed E-state index contributed by atoms with van der Waals surface area (Å²) >= 11 is 0. The van der Waals surface area contributed by atoms with Gasteiger partial charge in [-0.1, -0.05) is 6.92 Å². The van der Waals surface area contributed by atoms with Crippen LogP contribution in [-0.4, -0.2) is 48.2 Å². The van der Waals surface area contributed by atoms with E-state index in [0.717, 1.165) is 32.5 Å². The molecule has 1 rings (SSSR count). The van der Waals surface area contributed by atoms with Gasteiger partial charge in [0.05, 0.1) is 6.10 Å². The first-order chi connectivity index (χ1) is 7.67. The van der Waals surface area contributed by atoms with Gasteiger partial charge in [-0.15, -0.1) is 0 Å². The van der Waals surface area contributed by atoms with E-state index in [4.69, 9.17) is 0 Å². The molecule has 0 saturated carbocycles. The molecule has 94 valence electrons. The maximum atomic E-state index is 11.3. The monoisotopic (exact) mass is 228 g/mol. The van der Waals surface area contributed by atoms with Crippen LogP contribution in [0.3, 0.4) is 0 Å². The fraction of sp³-hybridized carbons (Fsp3) is 0.917. The Morgan fingerprint density at radius 2 is 2.25 bits per heavy atom. The van der Waals surface area contributed by atoms with E-state index in [-0.39, 0.29) is 12.0 Å². The Balaban J connectivity index is 2.25. The molecule has 1 fully saturated rings. The van der Waals surface area contributed by atoms with Crippen LogP contribution < -0.4 is 5.32 Å². The van der Waals surface area contributed by atoms with Gasteiger partial charge in [0.25, 0.3) is 0 Å². The molecule has 0 aliphatic carbocycles. The van der Waals surface area contributed by atoms with Crippen molar-refractivity contribution in [3.8, 4) is 0 Å². The largest absolute Gasteiger partial charge is 0.393 e. The summed E-state index contributed by atoms with van der Waals surface area (Å²) in [5, 5.41) is 12.5. The van der Waals surface area contributed by atoms with Crippen molar-refractivity contribution in [2.45, 2.75) is 39.2 Å². The number of nitrogens with zero attached hydrogens (tertiary/aromatic N) is 1. The smallest absolute Gasteiger partial charge is 0.221 e. The van der Waals surface area contributed by atoms with Crippen molar-refractivity contribution in [1.29, 1.82) is 0 Å². The van der Waals surface area contributed by atoms with E-state index in [2.05, 4.69) is 17.1 Å². The predicted octanol–water partition coefficient (Wildman–Crippen LogP) is 0.605. The Hall–Kier alpha value is -0.610. The molecule has 4 heteroatoms. The van der Waals surface area contributed by atoms with Gasteiger partial charge in [0.1, 0.15) is 0 Å². The van der Waals surface area contributed by atoms with E-state index < -0.39 is 0 Å². The summed E-state index contributed by atoms with van der Waals surface area (Å²) in [7, 11) is 0. The molecular weight excluding hydrogens is 204 g/mol. The van der Waals surface area contributed by atoms with Gasteiger partial charge in [-0.25, -0.2) is 0 Å². The molecule has 0 aromatic rings. The topological polar surface area (TPSA) is 52.6 Å². The van der Waals surface area contributed by atoms with Gasteiger partial charge < -0.3 is 15.3 Å². The normalized spacial score (nSPS) is 26.7. The maximum absolute atomic E-state index is 11.3. The highest BCUT2D eigenvalue weighted by atomic mass is 16.3. The van der Waals surface area contributed by atoms with Crippen LogP contribution in [0, 0.1) is 5.92 Å². The third-order valence-corrected chi connectivity index (χ3v) is 3.33. The van der Waals surface area contributed by atoms with E-state index in [1.165, 1.54) is 0 Å². The highest BCUT2D eigenvalue weighted by molar-refractivity contribution is 5.75. The lowest BCUT2D eigenvalue weighted by molar-refractivity contribution is -0.121. The first-order valence-corrected chi connectivity index (χ1v) is 6.34. The standard InChI is InChI=1S/C12H24N2O2/c1-3-10-9-14(7-5-11(10)15)8-6-12(16)13-4-2/h10-11,15H,3-9H2,1-2H3,(H,13,16). The van der Waals surface area contributed by atoms with Gasteiger partial charge in [0, 0.05) is 32.6 Å². The minimum Gasteiger partial charge on any atom is -0.393 e. The fourth-order valence-electron chi connectivity index (χ4n) is 2.24. The Bertz CT molecular complexity index is 221. The molecular formula is C12H24N2O2. The van der Waals surface area contributed by atoms with Crippen LogP contribution in [0.4, 0.5) is 0 Å². The summed E-state index contributed by atoms with van der Waals surface area (Å²) in [4.78, 5) is 13.6. The van der Waals surface area contributed by atoms with Crippen molar-refractivity contribution in [1.82, 2.24) is 10.2 Å². The van der Waals surface area contributed by atoms with Gasteiger partial charge in [0.15, 0.2) is 0 Å². The Labute approximate surface area is 98.0 Å². The van der Waals surface area contributed by atoms with Crippen LogP contribution >= 0.6 is 0 Å². The lowest BCUT2D eigenvalue weighted by Crippen LogP contribution is -2.44. The zero-order chi connectivity index (χ0) is 12.0. The van der Waals surface area contributed by atoms with Crippen molar-refractivity contribution in [3.05, 3.63) is 0 Å². The number of likely N-dealkylation sites (tertiary alicyclic amines) is 1. The van der Waals surface area contributed by atoms with Gasteiger partial charge in [-0.05, 0) is 25.7 Å². The van der Waals surface area contributed by atoms with Crippen LogP contribution in [0.15, 0.2) is 0 Å². The van der Waals surface area contributed by atoms with E-state index in [1.54, 1.807) is 0 Å². The molecule has 2 atom stereocenters. The molecule has 16 heavy (non-hydrogen) atoms. The van der Waals surface area contributed by atoms with Crippen LogP contribution in [0.5, 0.6) is 0 Å². The summed E-state index contributed by atoms with van der Waals surface area (Å²) in [6.07, 6.45) is 2.28. The lowest BCUT2D eigenvalue weighted by atomic mass is 9.92. The summed E-state index contributed by atoms with van der Waals surface area (Å²) in [5.74, 6) is 0.504. The molecule has 2 N–H and O–H groups in total. The summed E-state index contributed by atoms with van der Waals surface area (Å²) in [5.41, 5.74) is 0. The molecule has 1 saturated heterocycles.